The van der Waals surface area contributed by atoms with Gasteiger partial charge in [0.15, 0.2) is 0 Å². The van der Waals surface area contributed by atoms with Crippen molar-refractivity contribution in [3.05, 3.63) is 30.1 Å². The van der Waals surface area contributed by atoms with Crippen molar-refractivity contribution in [1.82, 2.24) is 9.97 Å². The smallest absolute Gasteiger partial charge is 0.288 e. The minimum Gasteiger partial charge on any atom is -0.340 e. The van der Waals surface area contributed by atoms with E-state index in [4.69, 9.17) is 9.81 Å². The Morgan fingerprint density at radius 3 is 2.69 bits per heavy atom. The molecule has 0 bridgehead atoms. The van der Waals surface area contributed by atoms with Gasteiger partial charge in [0, 0.05) is 0 Å². The van der Waals surface area contributed by atoms with E-state index in [9.17, 15) is 8.42 Å². The molecule has 1 unspecified atom stereocenters. The van der Waals surface area contributed by atoms with Gasteiger partial charge < -0.3 is 4.98 Å². The summed E-state index contributed by atoms with van der Waals surface area (Å²) in [7, 11) is -4.47. The Balaban J connectivity index is 2.60. The number of H-pyrrole nitrogens is 1. The lowest BCUT2D eigenvalue weighted by Crippen LogP contribution is -2.11. The summed E-state index contributed by atoms with van der Waals surface area (Å²) >= 11 is 0. The van der Waals surface area contributed by atoms with Gasteiger partial charge in [0.25, 0.3) is 10.1 Å². The number of nitrogens with zero attached hydrogens (tertiary/aromatic N) is 2. The molecule has 16 heavy (non-hydrogen) atoms. The lowest BCUT2D eigenvalue weighted by atomic mass is 10.3. The Hall–Kier alpha value is -1.91. The monoisotopic (exact) mass is 237 g/mol. The molecule has 0 spiro atoms. The number of fused-ring (bicyclic) bond motifs is 1. The summed E-state index contributed by atoms with van der Waals surface area (Å²) < 4.78 is 30.7. The second kappa shape index (κ2) is 3.59. The third-order valence-electron chi connectivity index (χ3n) is 2.07. The summed E-state index contributed by atoms with van der Waals surface area (Å²) in [5, 5.41) is 7.01. The van der Waals surface area contributed by atoms with E-state index in [0.717, 1.165) is 0 Å². The Labute approximate surface area is 91.3 Å². The minimum atomic E-state index is -4.47. The SMILES string of the molecule is N#CC(c1nc2ccccc2[nH]1)S(=O)(=O)O. The molecule has 0 radical (unpaired) electrons. The number of benzene rings is 1. The van der Waals surface area contributed by atoms with Gasteiger partial charge in [0.1, 0.15) is 5.82 Å². The van der Waals surface area contributed by atoms with E-state index in [0.29, 0.717) is 11.0 Å². The Kier molecular flexibility index (Phi) is 2.38. The maximum Gasteiger partial charge on any atom is 0.288 e. The number of nitrogens with one attached hydrogen (secondary N) is 1. The second-order valence-corrected chi connectivity index (χ2v) is 4.66. The van der Waals surface area contributed by atoms with Crippen molar-refractivity contribution in [2.45, 2.75) is 5.25 Å². The zero-order chi connectivity index (χ0) is 11.8. The molecule has 1 atom stereocenters. The number of hydrogen-bond acceptors (Lipinski definition) is 4. The van der Waals surface area contributed by atoms with Crippen LogP contribution in [0.5, 0.6) is 0 Å². The molecule has 0 saturated carbocycles. The van der Waals surface area contributed by atoms with Gasteiger partial charge in [-0.05, 0) is 12.1 Å². The van der Waals surface area contributed by atoms with Crippen LogP contribution in [0.3, 0.4) is 0 Å². The molecule has 0 saturated heterocycles. The van der Waals surface area contributed by atoms with Crippen LogP contribution in [0, 0.1) is 11.3 Å². The molecular formula is C9H7N3O3S. The van der Waals surface area contributed by atoms with Gasteiger partial charge >= 0.3 is 0 Å². The molecule has 82 valence electrons. The summed E-state index contributed by atoms with van der Waals surface area (Å²) in [5.74, 6) is -0.0776. The average molecular weight is 237 g/mol. The zero-order valence-electron chi connectivity index (χ0n) is 7.95. The van der Waals surface area contributed by atoms with Crippen LogP contribution in [0.2, 0.25) is 0 Å². The molecule has 0 amide bonds. The number of aromatic amines is 1. The van der Waals surface area contributed by atoms with Gasteiger partial charge in [-0.3, -0.25) is 4.55 Å². The fourth-order valence-corrected chi connectivity index (χ4v) is 1.89. The van der Waals surface area contributed by atoms with Crippen molar-refractivity contribution in [3.63, 3.8) is 0 Å². The summed E-state index contributed by atoms with van der Waals surface area (Å²) in [4.78, 5) is 6.61. The molecule has 6 nitrogen and oxygen atoms in total. The van der Waals surface area contributed by atoms with E-state index in [1.807, 2.05) is 0 Å². The predicted octanol–water partition coefficient (Wildman–Crippen LogP) is 1.02. The summed E-state index contributed by atoms with van der Waals surface area (Å²) in [5.41, 5.74) is 1.16. The van der Waals surface area contributed by atoms with Crippen LogP contribution in [-0.4, -0.2) is 22.9 Å². The van der Waals surface area contributed by atoms with Crippen molar-refractivity contribution in [2.75, 3.05) is 0 Å². The Morgan fingerprint density at radius 1 is 1.44 bits per heavy atom. The first kappa shape index (κ1) is 10.6. The summed E-state index contributed by atoms with van der Waals surface area (Å²) in [6.45, 7) is 0. The van der Waals surface area contributed by atoms with Gasteiger partial charge in [0.05, 0.1) is 17.1 Å². The zero-order valence-corrected chi connectivity index (χ0v) is 8.77. The van der Waals surface area contributed by atoms with Crippen LogP contribution in [0.15, 0.2) is 24.3 Å². The summed E-state index contributed by atoms with van der Waals surface area (Å²) in [6.07, 6.45) is 0. The second-order valence-electron chi connectivity index (χ2n) is 3.16. The van der Waals surface area contributed by atoms with Crippen LogP contribution >= 0.6 is 0 Å². The predicted molar refractivity (Wildman–Crippen MR) is 56.0 cm³/mol. The van der Waals surface area contributed by atoms with Crippen molar-refractivity contribution in [3.8, 4) is 6.07 Å². The first-order valence-corrected chi connectivity index (χ1v) is 5.83. The fraction of sp³-hybridized carbons (Fsp3) is 0.111. The third kappa shape index (κ3) is 1.76. The van der Waals surface area contributed by atoms with Crippen LogP contribution < -0.4 is 0 Å². The molecule has 0 aliphatic rings. The van der Waals surface area contributed by atoms with E-state index < -0.39 is 15.4 Å². The van der Waals surface area contributed by atoms with E-state index in [-0.39, 0.29) is 5.82 Å². The molecule has 2 rings (SSSR count). The van der Waals surface area contributed by atoms with Crippen molar-refractivity contribution in [2.24, 2.45) is 0 Å². The largest absolute Gasteiger partial charge is 0.340 e. The standard InChI is InChI=1S/C9H7N3O3S/c10-5-8(16(13,14)15)9-11-6-3-1-2-4-7(6)12-9/h1-4,8H,(H,11,12)(H,13,14,15). The van der Waals surface area contributed by atoms with E-state index in [2.05, 4.69) is 9.97 Å². The quantitative estimate of drug-likeness (QED) is 0.758. The van der Waals surface area contributed by atoms with Gasteiger partial charge in [0.2, 0.25) is 5.25 Å². The Bertz CT molecular complexity index is 636. The number of para-hydroxylation sites is 2. The van der Waals surface area contributed by atoms with Crippen LogP contribution in [-0.2, 0) is 10.1 Å². The van der Waals surface area contributed by atoms with Gasteiger partial charge in [-0.15, -0.1) is 0 Å². The lowest BCUT2D eigenvalue weighted by Gasteiger charge is -1.99. The molecule has 2 aromatic rings. The normalized spacial score (nSPS) is 13.5. The number of imidazole rings is 1. The van der Waals surface area contributed by atoms with Crippen LogP contribution in [0.1, 0.15) is 11.1 Å². The third-order valence-corrected chi connectivity index (χ3v) is 3.00. The van der Waals surface area contributed by atoms with Gasteiger partial charge in [-0.25, -0.2) is 4.98 Å². The van der Waals surface area contributed by atoms with Gasteiger partial charge in [-0.2, -0.15) is 13.7 Å². The van der Waals surface area contributed by atoms with Crippen LogP contribution in [0.25, 0.3) is 11.0 Å². The van der Waals surface area contributed by atoms with Crippen molar-refractivity contribution >= 4 is 21.2 Å². The first-order chi connectivity index (χ1) is 7.52. The molecule has 2 N–H and O–H groups in total. The number of rotatable bonds is 2. The number of aromatic nitrogens is 2. The highest BCUT2D eigenvalue weighted by Crippen LogP contribution is 2.20. The molecule has 0 aliphatic carbocycles. The molecule has 0 fully saturated rings. The molecule has 1 aromatic heterocycles. The lowest BCUT2D eigenvalue weighted by molar-refractivity contribution is 0.476. The maximum absolute atomic E-state index is 10.9. The number of nitriles is 1. The van der Waals surface area contributed by atoms with E-state index in [1.54, 1.807) is 24.3 Å². The van der Waals surface area contributed by atoms with E-state index >= 15 is 0 Å². The Morgan fingerprint density at radius 2 is 2.12 bits per heavy atom. The minimum absolute atomic E-state index is 0.0776. The highest BCUT2D eigenvalue weighted by atomic mass is 32.2. The molecule has 0 aliphatic heterocycles. The molecule has 1 aromatic carbocycles. The first-order valence-electron chi connectivity index (χ1n) is 4.33. The highest BCUT2D eigenvalue weighted by molar-refractivity contribution is 7.86. The maximum atomic E-state index is 10.9. The summed E-state index contributed by atoms with van der Waals surface area (Å²) in [6, 6.07) is 8.35. The number of hydrogen-bond donors (Lipinski definition) is 2. The average Bonchev–Trinajstić information content (AvgIpc) is 2.59. The molecular weight excluding hydrogens is 230 g/mol. The fourth-order valence-electron chi connectivity index (χ4n) is 1.37. The van der Waals surface area contributed by atoms with Gasteiger partial charge in [-0.1, -0.05) is 12.1 Å². The topological polar surface area (TPSA) is 107 Å². The van der Waals surface area contributed by atoms with E-state index in [1.165, 1.54) is 6.07 Å². The molecule has 7 heteroatoms. The van der Waals surface area contributed by atoms with Crippen molar-refractivity contribution < 1.29 is 13.0 Å². The van der Waals surface area contributed by atoms with Crippen LogP contribution in [0.4, 0.5) is 0 Å². The van der Waals surface area contributed by atoms with Crippen molar-refractivity contribution in [1.29, 1.82) is 5.26 Å². The highest BCUT2D eigenvalue weighted by Gasteiger charge is 2.27. The molecule has 1 heterocycles.